The minimum absolute atomic E-state index is 0.460. The molecule has 0 amide bonds. The average Bonchev–Trinajstić information content (AvgIpc) is 2.38. The lowest BCUT2D eigenvalue weighted by atomic mass is 10.0. The topological polar surface area (TPSA) is 46.5 Å². The smallest absolute Gasteiger partial charge is 0.373 e. The van der Waals surface area contributed by atoms with Gasteiger partial charge in [-0.15, -0.1) is 0 Å². The van der Waals surface area contributed by atoms with Crippen LogP contribution in [0.5, 0.6) is 5.75 Å². The van der Waals surface area contributed by atoms with Crippen molar-refractivity contribution in [2.45, 2.75) is 58.3 Å². The third-order valence-corrected chi connectivity index (χ3v) is 3.82. The molecule has 0 aromatic heterocycles. The first-order valence-corrected chi connectivity index (χ1v) is 9.62. The third kappa shape index (κ3) is 8.39. The molecule has 0 spiro atoms. The molecule has 0 fully saturated rings. The SMILES string of the molecule is CCCCCCCCCc1ccc(OP(C)(=O)O)cc1. The number of benzene rings is 1. The molecule has 0 aliphatic rings. The zero-order valence-electron chi connectivity index (χ0n) is 12.7. The Balaban J connectivity index is 2.20. The van der Waals surface area contributed by atoms with Crippen molar-refractivity contribution in [3.63, 3.8) is 0 Å². The Kier molecular flexibility index (Phi) is 7.94. The fraction of sp³-hybridized carbons (Fsp3) is 0.625. The van der Waals surface area contributed by atoms with Crippen LogP contribution in [0.2, 0.25) is 0 Å². The fourth-order valence-electron chi connectivity index (χ4n) is 2.20. The fourth-order valence-corrected chi connectivity index (χ4v) is 2.71. The van der Waals surface area contributed by atoms with Crippen molar-refractivity contribution in [1.29, 1.82) is 0 Å². The van der Waals surface area contributed by atoms with Gasteiger partial charge in [-0.3, -0.25) is 0 Å². The Morgan fingerprint density at radius 1 is 1.00 bits per heavy atom. The molecule has 0 heterocycles. The highest BCUT2D eigenvalue weighted by Gasteiger charge is 2.11. The number of rotatable bonds is 10. The highest BCUT2D eigenvalue weighted by molar-refractivity contribution is 7.52. The van der Waals surface area contributed by atoms with Gasteiger partial charge < -0.3 is 9.42 Å². The second-order valence-corrected chi connectivity index (χ2v) is 7.20. The summed E-state index contributed by atoms with van der Waals surface area (Å²) >= 11 is 0. The lowest BCUT2D eigenvalue weighted by Crippen LogP contribution is -1.91. The molecular weight excluding hydrogens is 271 g/mol. The Labute approximate surface area is 122 Å². The summed E-state index contributed by atoms with van der Waals surface area (Å²) < 4.78 is 16.1. The van der Waals surface area contributed by atoms with Crippen LogP contribution in [0.3, 0.4) is 0 Å². The molecule has 0 bridgehead atoms. The molecule has 1 atom stereocenters. The van der Waals surface area contributed by atoms with E-state index in [9.17, 15) is 4.57 Å². The Morgan fingerprint density at radius 2 is 1.55 bits per heavy atom. The lowest BCUT2D eigenvalue weighted by molar-refractivity contribution is 0.387. The van der Waals surface area contributed by atoms with Crippen molar-refractivity contribution in [2.75, 3.05) is 6.66 Å². The summed E-state index contributed by atoms with van der Waals surface area (Å²) in [4.78, 5) is 9.14. The molecule has 0 saturated heterocycles. The van der Waals surface area contributed by atoms with E-state index in [1.165, 1.54) is 57.2 Å². The van der Waals surface area contributed by atoms with Crippen molar-refractivity contribution >= 4 is 7.60 Å². The Morgan fingerprint density at radius 3 is 2.10 bits per heavy atom. The molecule has 20 heavy (non-hydrogen) atoms. The summed E-state index contributed by atoms with van der Waals surface area (Å²) in [6, 6.07) is 7.48. The van der Waals surface area contributed by atoms with Crippen molar-refractivity contribution in [3.8, 4) is 5.75 Å². The highest BCUT2D eigenvalue weighted by atomic mass is 31.2. The van der Waals surface area contributed by atoms with Crippen molar-refractivity contribution < 1.29 is 14.0 Å². The normalized spacial score (nSPS) is 13.9. The molecule has 0 aliphatic heterocycles. The summed E-state index contributed by atoms with van der Waals surface area (Å²) in [7, 11) is -3.44. The van der Waals surface area contributed by atoms with Gasteiger partial charge in [-0.05, 0) is 30.5 Å². The maximum Gasteiger partial charge on any atom is 0.373 e. The quantitative estimate of drug-likeness (QED) is 0.478. The van der Waals surface area contributed by atoms with E-state index in [2.05, 4.69) is 6.92 Å². The van der Waals surface area contributed by atoms with Gasteiger partial charge in [0.15, 0.2) is 0 Å². The average molecular weight is 298 g/mol. The van der Waals surface area contributed by atoms with E-state index in [-0.39, 0.29) is 0 Å². The van der Waals surface area contributed by atoms with Gasteiger partial charge in [0.25, 0.3) is 0 Å². The lowest BCUT2D eigenvalue weighted by Gasteiger charge is -2.09. The first kappa shape index (κ1) is 17.3. The van der Waals surface area contributed by atoms with Crippen LogP contribution in [-0.2, 0) is 11.0 Å². The minimum Gasteiger partial charge on any atom is -0.425 e. The molecule has 1 aromatic rings. The first-order valence-electron chi connectivity index (χ1n) is 7.60. The summed E-state index contributed by atoms with van der Waals surface area (Å²) in [5, 5.41) is 0. The van der Waals surface area contributed by atoms with E-state index in [1.54, 1.807) is 12.1 Å². The molecule has 0 aliphatic carbocycles. The molecule has 114 valence electrons. The second-order valence-electron chi connectivity index (χ2n) is 5.41. The molecule has 3 nitrogen and oxygen atoms in total. The zero-order chi connectivity index (χ0) is 14.8. The molecule has 1 rings (SSSR count). The minimum atomic E-state index is -3.44. The van der Waals surface area contributed by atoms with Crippen LogP contribution in [0.15, 0.2) is 24.3 Å². The predicted molar refractivity (Wildman–Crippen MR) is 84.5 cm³/mol. The Bertz CT molecular complexity index is 408. The monoisotopic (exact) mass is 298 g/mol. The number of unbranched alkanes of at least 4 members (excludes halogenated alkanes) is 6. The van der Waals surface area contributed by atoms with Crippen molar-refractivity contribution in [1.82, 2.24) is 0 Å². The van der Waals surface area contributed by atoms with Crippen molar-refractivity contribution in [3.05, 3.63) is 29.8 Å². The molecule has 4 heteroatoms. The van der Waals surface area contributed by atoms with Gasteiger partial charge in [-0.25, -0.2) is 4.57 Å². The zero-order valence-corrected chi connectivity index (χ0v) is 13.6. The van der Waals surface area contributed by atoms with Gasteiger partial charge in [0, 0.05) is 6.66 Å². The summed E-state index contributed by atoms with van der Waals surface area (Å²) in [6.07, 6.45) is 10.2. The summed E-state index contributed by atoms with van der Waals surface area (Å²) in [5.41, 5.74) is 1.26. The number of aryl methyl sites for hydroxylation is 1. The second kappa shape index (κ2) is 9.20. The van der Waals surface area contributed by atoms with E-state index in [0.29, 0.717) is 5.75 Å². The molecule has 1 N–H and O–H groups in total. The van der Waals surface area contributed by atoms with Crippen LogP contribution in [0, 0.1) is 0 Å². The highest BCUT2D eigenvalue weighted by Crippen LogP contribution is 2.37. The van der Waals surface area contributed by atoms with E-state index in [4.69, 9.17) is 9.42 Å². The molecule has 0 radical (unpaired) electrons. The van der Waals surface area contributed by atoms with Crippen molar-refractivity contribution in [2.24, 2.45) is 0 Å². The van der Waals surface area contributed by atoms with Crippen LogP contribution in [0.1, 0.15) is 57.4 Å². The van der Waals surface area contributed by atoms with Gasteiger partial charge in [0.2, 0.25) is 0 Å². The van der Waals surface area contributed by atoms with Gasteiger partial charge in [0.1, 0.15) is 5.75 Å². The van der Waals surface area contributed by atoms with Gasteiger partial charge in [-0.1, -0.05) is 57.6 Å². The van der Waals surface area contributed by atoms with Crippen LogP contribution in [-0.4, -0.2) is 11.6 Å². The first-order chi connectivity index (χ1) is 9.51. The van der Waals surface area contributed by atoms with E-state index in [1.807, 2.05) is 12.1 Å². The molecular formula is C16H27O3P. The molecule has 1 aromatic carbocycles. The van der Waals surface area contributed by atoms with Crippen LogP contribution in [0.4, 0.5) is 0 Å². The van der Waals surface area contributed by atoms with Gasteiger partial charge in [-0.2, -0.15) is 0 Å². The third-order valence-electron chi connectivity index (χ3n) is 3.27. The Hall–Kier alpha value is -0.790. The van der Waals surface area contributed by atoms with E-state index >= 15 is 0 Å². The number of hydrogen-bond donors (Lipinski definition) is 1. The van der Waals surface area contributed by atoms with Crippen LogP contribution in [0.25, 0.3) is 0 Å². The number of hydrogen-bond acceptors (Lipinski definition) is 2. The van der Waals surface area contributed by atoms with Gasteiger partial charge >= 0.3 is 7.60 Å². The summed E-state index contributed by atoms with van der Waals surface area (Å²) in [5.74, 6) is 0.460. The maximum atomic E-state index is 11.1. The van der Waals surface area contributed by atoms with Crippen LogP contribution >= 0.6 is 7.60 Å². The maximum absolute atomic E-state index is 11.1. The predicted octanol–water partition coefficient (Wildman–Crippen LogP) is 5.17. The largest absolute Gasteiger partial charge is 0.425 e. The standard InChI is InChI=1S/C16H27O3P/c1-3-4-5-6-7-8-9-10-15-11-13-16(14-12-15)19-20(2,17)18/h11-14H,3-10H2,1-2H3,(H,17,18). The van der Waals surface area contributed by atoms with E-state index < -0.39 is 7.60 Å². The van der Waals surface area contributed by atoms with Crippen LogP contribution < -0.4 is 4.52 Å². The molecule has 1 unspecified atom stereocenters. The van der Waals surface area contributed by atoms with Gasteiger partial charge in [0.05, 0.1) is 0 Å². The molecule has 0 saturated carbocycles. The summed E-state index contributed by atoms with van der Waals surface area (Å²) in [6.45, 7) is 3.43. The van der Waals surface area contributed by atoms with E-state index in [0.717, 1.165) is 6.42 Å².